The van der Waals surface area contributed by atoms with E-state index in [2.05, 4.69) is 125 Å². The third kappa shape index (κ3) is 3.05. The average molecular weight is 378 g/mol. The number of fused-ring (bicyclic) bond motifs is 2. The van der Waals surface area contributed by atoms with E-state index in [1.807, 2.05) is 0 Å². The van der Waals surface area contributed by atoms with E-state index in [4.69, 9.17) is 0 Å². The van der Waals surface area contributed by atoms with Gasteiger partial charge in [0.2, 0.25) is 0 Å². The van der Waals surface area contributed by atoms with Gasteiger partial charge in [0.15, 0.2) is 11.0 Å². The van der Waals surface area contributed by atoms with Crippen LogP contribution in [0, 0.1) is 0 Å². The van der Waals surface area contributed by atoms with Gasteiger partial charge in [-0.1, -0.05) is 60.7 Å². The summed E-state index contributed by atoms with van der Waals surface area (Å²) in [7, 11) is 4.25. The van der Waals surface area contributed by atoms with Crippen LogP contribution in [0.25, 0.3) is 34.1 Å². The number of aromatic nitrogens is 3. The molecule has 0 unspecified atom stereocenters. The molecule has 5 rings (SSSR count). The Morgan fingerprint density at radius 2 is 1.48 bits per heavy atom. The zero-order valence-electron chi connectivity index (χ0n) is 16.8. The molecule has 0 N–H and O–H groups in total. The largest absolute Gasteiger partial charge is 0.342 e. The zero-order chi connectivity index (χ0) is 19.8. The summed E-state index contributed by atoms with van der Waals surface area (Å²) in [5.41, 5.74) is 6.28. The quantitative estimate of drug-likeness (QED) is 0.383. The maximum absolute atomic E-state index is 2.34. The van der Waals surface area contributed by atoms with Gasteiger partial charge in [-0.3, -0.25) is 0 Å². The minimum absolute atomic E-state index is 0.872. The fraction of sp³-hybridized carbons (Fsp3) is 0.115. The molecule has 29 heavy (non-hydrogen) atoms. The molecule has 2 heterocycles. The van der Waals surface area contributed by atoms with Gasteiger partial charge in [0.05, 0.1) is 14.1 Å². The second-order valence-electron chi connectivity index (χ2n) is 7.51. The normalized spacial score (nSPS) is 11.8. The molecule has 0 saturated carbocycles. The predicted molar refractivity (Wildman–Crippen MR) is 121 cm³/mol. The first-order valence-corrected chi connectivity index (χ1v) is 9.96. The molecule has 5 aromatic rings. The minimum Gasteiger partial charge on any atom is -0.342 e. The van der Waals surface area contributed by atoms with Crippen molar-refractivity contribution in [2.75, 3.05) is 0 Å². The molecule has 3 nitrogen and oxygen atoms in total. The van der Waals surface area contributed by atoms with Crippen LogP contribution in [0.1, 0.15) is 17.0 Å². The van der Waals surface area contributed by atoms with E-state index in [1.165, 1.54) is 38.9 Å². The van der Waals surface area contributed by atoms with E-state index in [9.17, 15) is 0 Å². The van der Waals surface area contributed by atoms with Gasteiger partial charge in [-0.2, -0.15) is 0 Å². The van der Waals surface area contributed by atoms with Crippen molar-refractivity contribution in [2.24, 2.45) is 14.1 Å². The van der Waals surface area contributed by atoms with Crippen molar-refractivity contribution in [1.29, 1.82) is 0 Å². The van der Waals surface area contributed by atoms with Crippen LogP contribution in [0.2, 0.25) is 0 Å². The zero-order valence-corrected chi connectivity index (χ0v) is 16.8. The van der Waals surface area contributed by atoms with Crippen LogP contribution in [-0.2, 0) is 20.6 Å². The third-order valence-corrected chi connectivity index (χ3v) is 5.72. The van der Waals surface area contributed by atoms with Crippen molar-refractivity contribution in [3.63, 3.8) is 0 Å². The van der Waals surface area contributed by atoms with Crippen molar-refractivity contribution >= 4 is 34.1 Å². The van der Waals surface area contributed by atoms with Gasteiger partial charge < -0.3 is 4.57 Å². The van der Waals surface area contributed by atoms with Crippen molar-refractivity contribution in [3.05, 3.63) is 102 Å². The Morgan fingerprint density at radius 1 is 0.793 bits per heavy atom. The first kappa shape index (κ1) is 17.5. The monoisotopic (exact) mass is 378 g/mol. The number of nitrogens with zero attached hydrogens (tertiary/aromatic N) is 3. The molecule has 3 aromatic carbocycles. The van der Waals surface area contributed by atoms with E-state index in [0.717, 1.165) is 6.54 Å². The van der Waals surface area contributed by atoms with E-state index in [-0.39, 0.29) is 0 Å². The molecule has 0 aliphatic rings. The molecular weight excluding hydrogens is 354 g/mol. The first-order valence-electron chi connectivity index (χ1n) is 9.96. The Morgan fingerprint density at radius 3 is 2.28 bits per heavy atom. The van der Waals surface area contributed by atoms with Gasteiger partial charge in [-0.25, -0.2) is 9.13 Å². The van der Waals surface area contributed by atoms with Crippen molar-refractivity contribution in [2.45, 2.75) is 6.54 Å². The molecule has 0 fully saturated rings. The maximum atomic E-state index is 2.34. The molecule has 0 atom stereocenters. The standard InChI is InChI=1S/C26H24N3/c1-27-24-14-8-9-15-25(24)28(2)26(27)17-16-21-19-29(18-20-10-4-3-5-11-20)23-13-7-6-12-22(21)23/h3-17,19H,18H2,1-2H3/q+1. The lowest BCUT2D eigenvalue weighted by molar-refractivity contribution is -0.647. The van der Waals surface area contributed by atoms with Crippen molar-refractivity contribution in [3.8, 4) is 0 Å². The SMILES string of the molecule is Cn1c(/C=C/c2cn(Cc3ccccc3)c3ccccc23)[n+](C)c2ccccc21. The molecule has 0 saturated heterocycles. The summed E-state index contributed by atoms with van der Waals surface area (Å²) in [5.74, 6) is 1.17. The molecule has 0 bridgehead atoms. The van der Waals surface area contributed by atoms with Crippen molar-refractivity contribution in [1.82, 2.24) is 9.13 Å². The summed E-state index contributed by atoms with van der Waals surface area (Å²) in [5, 5.41) is 1.28. The number of hydrogen-bond donors (Lipinski definition) is 0. The first-order chi connectivity index (χ1) is 14.2. The molecule has 0 spiro atoms. The topological polar surface area (TPSA) is 13.7 Å². The lowest BCUT2D eigenvalue weighted by Gasteiger charge is -2.05. The van der Waals surface area contributed by atoms with Crippen molar-refractivity contribution < 1.29 is 4.57 Å². The summed E-state index contributed by atoms with van der Waals surface area (Å²) >= 11 is 0. The van der Waals surface area contributed by atoms with Gasteiger partial charge in [0, 0.05) is 35.3 Å². The average Bonchev–Trinajstić information content (AvgIpc) is 3.23. The molecule has 0 amide bonds. The highest BCUT2D eigenvalue weighted by molar-refractivity contribution is 5.92. The Hall–Kier alpha value is -3.59. The summed E-state index contributed by atoms with van der Waals surface area (Å²) < 4.78 is 6.83. The number of benzene rings is 3. The highest BCUT2D eigenvalue weighted by atomic mass is 15.1. The van der Waals surface area contributed by atoms with Crippen LogP contribution in [0.15, 0.2) is 85.1 Å². The molecule has 0 aliphatic carbocycles. The second kappa shape index (κ2) is 7.10. The van der Waals surface area contributed by atoms with Crippen LogP contribution in [-0.4, -0.2) is 9.13 Å². The van der Waals surface area contributed by atoms with Crippen LogP contribution >= 0.6 is 0 Å². The second-order valence-corrected chi connectivity index (χ2v) is 7.51. The number of aryl methyl sites for hydroxylation is 2. The van der Waals surface area contributed by atoms with Gasteiger partial charge in [-0.15, -0.1) is 0 Å². The summed E-state index contributed by atoms with van der Waals surface area (Å²) in [4.78, 5) is 0. The Kier molecular flexibility index (Phi) is 4.28. The highest BCUT2D eigenvalue weighted by Crippen LogP contribution is 2.24. The Bertz CT molecular complexity index is 1300. The van der Waals surface area contributed by atoms with E-state index in [1.54, 1.807) is 0 Å². The van der Waals surface area contributed by atoms with Crippen LogP contribution in [0.3, 0.4) is 0 Å². The third-order valence-electron chi connectivity index (χ3n) is 5.72. The Labute approximate surface area is 170 Å². The fourth-order valence-corrected chi connectivity index (χ4v) is 4.21. The predicted octanol–water partition coefficient (Wildman–Crippen LogP) is 5.18. The lowest BCUT2D eigenvalue weighted by Crippen LogP contribution is -2.30. The van der Waals surface area contributed by atoms with E-state index >= 15 is 0 Å². The van der Waals surface area contributed by atoms with Gasteiger partial charge in [0.1, 0.15) is 0 Å². The summed E-state index contributed by atoms with van der Waals surface area (Å²) in [6, 6.07) is 27.8. The van der Waals surface area contributed by atoms with E-state index in [0.29, 0.717) is 0 Å². The molecule has 0 aliphatic heterocycles. The molecule has 142 valence electrons. The summed E-state index contributed by atoms with van der Waals surface area (Å²) in [6.07, 6.45) is 6.71. The van der Waals surface area contributed by atoms with Gasteiger partial charge in [0.25, 0.3) is 5.82 Å². The highest BCUT2D eigenvalue weighted by Gasteiger charge is 2.17. The van der Waals surface area contributed by atoms with Gasteiger partial charge >= 0.3 is 0 Å². The number of hydrogen-bond acceptors (Lipinski definition) is 0. The maximum Gasteiger partial charge on any atom is 0.281 e. The van der Waals surface area contributed by atoms with Gasteiger partial charge in [-0.05, 0) is 29.8 Å². The Balaban J connectivity index is 1.58. The van der Waals surface area contributed by atoms with Crippen LogP contribution in [0.5, 0.6) is 0 Å². The molecule has 2 aromatic heterocycles. The lowest BCUT2D eigenvalue weighted by atomic mass is 10.1. The van der Waals surface area contributed by atoms with Crippen LogP contribution < -0.4 is 4.57 Å². The number of rotatable bonds is 4. The molecule has 0 radical (unpaired) electrons. The molecular formula is C26H24N3+. The van der Waals surface area contributed by atoms with E-state index < -0.39 is 0 Å². The summed E-state index contributed by atoms with van der Waals surface area (Å²) in [6.45, 7) is 0.872. The fourth-order valence-electron chi connectivity index (χ4n) is 4.21. The number of para-hydroxylation sites is 3. The smallest absolute Gasteiger partial charge is 0.281 e. The van der Waals surface area contributed by atoms with Crippen LogP contribution in [0.4, 0.5) is 0 Å². The molecule has 3 heteroatoms. The minimum atomic E-state index is 0.872. The number of imidazole rings is 1.